The van der Waals surface area contributed by atoms with E-state index in [9.17, 15) is 8.42 Å². The number of thiazole rings is 1. The molecule has 114 valence electrons. The summed E-state index contributed by atoms with van der Waals surface area (Å²) in [7, 11) is -1.98. The quantitative estimate of drug-likeness (QED) is 0.887. The minimum absolute atomic E-state index is 0.128. The second-order valence-corrected chi connectivity index (χ2v) is 7.90. The lowest BCUT2D eigenvalue weighted by molar-refractivity contribution is 0.588. The average Bonchev–Trinajstić information content (AvgIpc) is 2.78. The molecule has 0 amide bonds. The van der Waals surface area contributed by atoms with E-state index >= 15 is 0 Å². The number of benzene rings is 1. The molecule has 0 aliphatic heterocycles. The van der Waals surface area contributed by atoms with Crippen molar-refractivity contribution in [3.63, 3.8) is 0 Å². The van der Waals surface area contributed by atoms with E-state index in [2.05, 4.69) is 21.9 Å². The molecule has 1 aromatic carbocycles. The summed E-state index contributed by atoms with van der Waals surface area (Å²) in [5, 5.41) is 4.41. The van der Waals surface area contributed by atoms with Crippen LogP contribution in [0.4, 0.5) is 5.69 Å². The number of nitrogens with one attached hydrogen (secondary N) is 2. The number of rotatable bonds is 5. The van der Waals surface area contributed by atoms with Crippen molar-refractivity contribution in [2.45, 2.75) is 31.7 Å². The molecule has 2 N–H and O–H groups in total. The molecule has 1 atom stereocenters. The van der Waals surface area contributed by atoms with E-state index in [1.807, 2.05) is 13.8 Å². The maximum absolute atomic E-state index is 11.7. The number of hydrogen-bond donors (Lipinski definition) is 2. The summed E-state index contributed by atoms with van der Waals surface area (Å²) in [6.45, 7) is 6.06. The molecule has 0 fully saturated rings. The summed E-state index contributed by atoms with van der Waals surface area (Å²) >= 11 is 1.67. The Kier molecular flexibility index (Phi) is 4.65. The van der Waals surface area contributed by atoms with Gasteiger partial charge in [-0.1, -0.05) is 0 Å². The molecular weight excluding hydrogens is 306 g/mol. The second kappa shape index (κ2) is 6.13. The molecule has 1 aromatic heterocycles. The number of sulfonamides is 1. The van der Waals surface area contributed by atoms with Gasteiger partial charge in [0.1, 0.15) is 0 Å². The Morgan fingerprint density at radius 3 is 2.29 bits per heavy atom. The van der Waals surface area contributed by atoms with Gasteiger partial charge in [0.25, 0.3) is 0 Å². The molecular formula is C14H19N3O2S2. The van der Waals surface area contributed by atoms with Gasteiger partial charge in [-0.05, 0) is 52.1 Å². The number of aryl methyl sites for hydroxylation is 2. The van der Waals surface area contributed by atoms with Crippen LogP contribution in [0, 0.1) is 13.8 Å². The van der Waals surface area contributed by atoms with Crippen LogP contribution in [0.3, 0.4) is 0 Å². The number of nitrogens with zero attached hydrogens (tertiary/aromatic N) is 1. The lowest BCUT2D eigenvalue weighted by Gasteiger charge is -2.14. The van der Waals surface area contributed by atoms with Crippen molar-refractivity contribution in [2.75, 3.05) is 12.4 Å². The SMILES string of the molecule is CNS(=O)(=O)c1ccc(NC(C)c2sc(C)nc2C)cc1. The molecule has 1 unspecified atom stereocenters. The van der Waals surface area contributed by atoms with E-state index in [0.717, 1.165) is 16.4 Å². The summed E-state index contributed by atoms with van der Waals surface area (Å²) in [6, 6.07) is 6.84. The first kappa shape index (κ1) is 15.9. The van der Waals surface area contributed by atoms with Crippen molar-refractivity contribution in [3.05, 3.63) is 39.8 Å². The molecule has 0 saturated carbocycles. The van der Waals surface area contributed by atoms with Crippen molar-refractivity contribution < 1.29 is 8.42 Å². The molecule has 1 heterocycles. The summed E-state index contributed by atoms with van der Waals surface area (Å²) in [4.78, 5) is 5.87. The lowest BCUT2D eigenvalue weighted by Crippen LogP contribution is -2.18. The molecule has 5 nitrogen and oxygen atoms in total. The normalized spacial score (nSPS) is 13.1. The summed E-state index contributed by atoms with van der Waals surface area (Å²) in [6.07, 6.45) is 0. The zero-order valence-corrected chi connectivity index (χ0v) is 14.1. The molecule has 21 heavy (non-hydrogen) atoms. The van der Waals surface area contributed by atoms with Gasteiger partial charge in [-0.25, -0.2) is 18.1 Å². The van der Waals surface area contributed by atoms with Crippen molar-refractivity contribution in [1.82, 2.24) is 9.71 Å². The van der Waals surface area contributed by atoms with Gasteiger partial charge < -0.3 is 5.32 Å². The van der Waals surface area contributed by atoms with Crippen LogP contribution in [0.2, 0.25) is 0 Å². The van der Waals surface area contributed by atoms with Crippen LogP contribution >= 0.6 is 11.3 Å². The second-order valence-electron chi connectivity index (χ2n) is 4.78. The fraction of sp³-hybridized carbons (Fsp3) is 0.357. The first-order valence-electron chi connectivity index (χ1n) is 6.57. The van der Waals surface area contributed by atoms with Gasteiger partial charge >= 0.3 is 0 Å². The standard InChI is InChI=1S/C14H19N3O2S2/c1-9-14(20-11(3)16-9)10(2)17-12-5-7-13(8-6-12)21(18,19)15-4/h5-8,10,15,17H,1-4H3. The monoisotopic (exact) mass is 325 g/mol. The van der Waals surface area contributed by atoms with Gasteiger partial charge in [0, 0.05) is 10.6 Å². The van der Waals surface area contributed by atoms with Crippen molar-refractivity contribution >= 4 is 27.0 Å². The molecule has 0 spiro atoms. The minimum Gasteiger partial charge on any atom is -0.378 e. The maximum atomic E-state index is 11.7. The molecule has 2 aromatic rings. The van der Waals surface area contributed by atoms with E-state index in [1.165, 1.54) is 11.9 Å². The number of hydrogen-bond acceptors (Lipinski definition) is 5. The third kappa shape index (κ3) is 3.61. The fourth-order valence-electron chi connectivity index (χ4n) is 2.11. The zero-order chi connectivity index (χ0) is 15.6. The molecule has 0 bridgehead atoms. The highest BCUT2D eigenvalue weighted by Gasteiger charge is 2.14. The van der Waals surface area contributed by atoms with Crippen LogP contribution < -0.4 is 10.0 Å². The van der Waals surface area contributed by atoms with Gasteiger partial charge in [-0.15, -0.1) is 11.3 Å². The van der Waals surface area contributed by atoms with Gasteiger partial charge in [0.05, 0.1) is 21.6 Å². The van der Waals surface area contributed by atoms with E-state index in [4.69, 9.17) is 0 Å². The fourth-order valence-corrected chi connectivity index (χ4v) is 3.77. The molecule has 7 heteroatoms. The van der Waals surface area contributed by atoms with Gasteiger partial charge in [-0.2, -0.15) is 0 Å². The van der Waals surface area contributed by atoms with E-state index in [0.29, 0.717) is 0 Å². The predicted molar refractivity (Wildman–Crippen MR) is 86.3 cm³/mol. The Hall–Kier alpha value is -1.44. The third-order valence-corrected chi connectivity index (χ3v) is 5.84. The van der Waals surface area contributed by atoms with Crippen molar-refractivity contribution in [3.8, 4) is 0 Å². The number of anilines is 1. The average molecular weight is 325 g/mol. The first-order valence-corrected chi connectivity index (χ1v) is 8.87. The Bertz CT molecular complexity index is 721. The molecule has 0 saturated heterocycles. The zero-order valence-electron chi connectivity index (χ0n) is 12.5. The van der Waals surface area contributed by atoms with Crippen molar-refractivity contribution in [1.29, 1.82) is 0 Å². The lowest BCUT2D eigenvalue weighted by atomic mass is 10.2. The number of aromatic nitrogens is 1. The van der Waals surface area contributed by atoms with Crippen LogP contribution in [0.1, 0.15) is 28.5 Å². The van der Waals surface area contributed by atoms with Gasteiger partial charge in [-0.3, -0.25) is 0 Å². The summed E-state index contributed by atoms with van der Waals surface area (Å²) < 4.78 is 25.6. The van der Waals surface area contributed by atoms with E-state index in [-0.39, 0.29) is 10.9 Å². The summed E-state index contributed by atoms with van der Waals surface area (Å²) in [5.41, 5.74) is 1.91. The van der Waals surface area contributed by atoms with Crippen LogP contribution in [0.5, 0.6) is 0 Å². The minimum atomic E-state index is -3.38. The first-order chi connectivity index (χ1) is 9.83. The third-order valence-electron chi connectivity index (χ3n) is 3.15. The van der Waals surface area contributed by atoms with Crippen LogP contribution in [-0.2, 0) is 10.0 Å². The maximum Gasteiger partial charge on any atom is 0.240 e. The highest BCUT2D eigenvalue weighted by Crippen LogP contribution is 2.27. The van der Waals surface area contributed by atoms with Crippen LogP contribution in [-0.4, -0.2) is 20.4 Å². The van der Waals surface area contributed by atoms with Gasteiger partial charge in [0.15, 0.2) is 0 Å². The van der Waals surface area contributed by atoms with Crippen LogP contribution in [0.25, 0.3) is 0 Å². The molecule has 0 aliphatic rings. The van der Waals surface area contributed by atoms with Gasteiger partial charge in [0.2, 0.25) is 10.0 Å². The topological polar surface area (TPSA) is 71.1 Å². The van der Waals surface area contributed by atoms with E-state index in [1.54, 1.807) is 35.6 Å². The Morgan fingerprint density at radius 2 is 1.81 bits per heavy atom. The molecule has 0 radical (unpaired) electrons. The molecule has 0 aliphatic carbocycles. The van der Waals surface area contributed by atoms with Crippen molar-refractivity contribution in [2.24, 2.45) is 0 Å². The molecule has 2 rings (SSSR count). The highest BCUT2D eigenvalue weighted by atomic mass is 32.2. The summed E-state index contributed by atoms with van der Waals surface area (Å²) in [5.74, 6) is 0. The highest BCUT2D eigenvalue weighted by molar-refractivity contribution is 7.89. The van der Waals surface area contributed by atoms with Crippen LogP contribution in [0.15, 0.2) is 29.2 Å². The predicted octanol–water partition coefficient (Wildman–Crippen LogP) is 2.84. The Morgan fingerprint density at radius 1 is 1.19 bits per heavy atom. The van der Waals surface area contributed by atoms with E-state index < -0.39 is 10.0 Å². The largest absolute Gasteiger partial charge is 0.378 e. The Balaban J connectivity index is 2.15. The smallest absolute Gasteiger partial charge is 0.240 e. The Labute approximate surface area is 129 Å².